The quantitative estimate of drug-likeness (QED) is 0.623. The molecule has 0 fully saturated rings. The van der Waals surface area contributed by atoms with Gasteiger partial charge in [0.1, 0.15) is 0 Å². The van der Waals surface area contributed by atoms with Crippen LogP contribution in [0.5, 0.6) is 0 Å². The molecule has 14 heavy (non-hydrogen) atoms. The Morgan fingerprint density at radius 2 is 1.57 bits per heavy atom. The number of nitrogens with zero attached hydrogens (tertiary/aromatic N) is 2. The molecule has 2 heteroatoms. The standard InChI is InChI=1S/C12H28N2/c1-7-12(13(6)8-2)10-14(9-3)11(4)5/h11-12H,7-10H2,1-6H3/t12-/m0/s1. The Morgan fingerprint density at radius 1 is 1.00 bits per heavy atom. The van der Waals surface area contributed by atoms with E-state index in [1.165, 1.54) is 13.0 Å². The predicted molar refractivity (Wildman–Crippen MR) is 64.8 cm³/mol. The normalized spacial score (nSPS) is 14.4. The van der Waals surface area contributed by atoms with Gasteiger partial charge in [-0.05, 0) is 40.4 Å². The zero-order chi connectivity index (χ0) is 11.1. The van der Waals surface area contributed by atoms with E-state index in [4.69, 9.17) is 0 Å². The predicted octanol–water partition coefficient (Wildman–Crippen LogP) is 2.45. The summed E-state index contributed by atoms with van der Waals surface area (Å²) in [5, 5.41) is 0. The van der Waals surface area contributed by atoms with Gasteiger partial charge in [0.05, 0.1) is 0 Å². The fourth-order valence-corrected chi connectivity index (χ4v) is 1.81. The smallest absolute Gasteiger partial charge is 0.0217 e. The van der Waals surface area contributed by atoms with Crippen LogP contribution in [-0.2, 0) is 0 Å². The summed E-state index contributed by atoms with van der Waals surface area (Å²) >= 11 is 0. The van der Waals surface area contributed by atoms with Gasteiger partial charge in [-0.1, -0.05) is 20.8 Å². The lowest BCUT2D eigenvalue weighted by Crippen LogP contribution is -2.44. The van der Waals surface area contributed by atoms with Crippen molar-refractivity contribution >= 4 is 0 Å². The second-order valence-electron chi connectivity index (χ2n) is 4.32. The van der Waals surface area contributed by atoms with E-state index in [1.807, 2.05) is 0 Å². The average Bonchev–Trinajstić information content (AvgIpc) is 2.18. The van der Waals surface area contributed by atoms with Crippen LogP contribution in [0.3, 0.4) is 0 Å². The maximum atomic E-state index is 2.54. The highest BCUT2D eigenvalue weighted by Crippen LogP contribution is 2.07. The number of hydrogen-bond donors (Lipinski definition) is 0. The molecule has 0 unspecified atom stereocenters. The summed E-state index contributed by atoms with van der Waals surface area (Å²) < 4.78 is 0. The lowest BCUT2D eigenvalue weighted by Gasteiger charge is -2.33. The fourth-order valence-electron chi connectivity index (χ4n) is 1.81. The van der Waals surface area contributed by atoms with E-state index in [0.29, 0.717) is 12.1 Å². The molecule has 0 saturated heterocycles. The van der Waals surface area contributed by atoms with Gasteiger partial charge < -0.3 is 4.90 Å². The van der Waals surface area contributed by atoms with Gasteiger partial charge in [-0.15, -0.1) is 0 Å². The number of rotatable bonds is 7. The molecule has 0 aliphatic carbocycles. The van der Waals surface area contributed by atoms with Crippen molar-refractivity contribution in [3.05, 3.63) is 0 Å². The third-order valence-corrected chi connectivity index (χ3v) is 3.18. The van der Waals surface area contributed by atoms with Gasteiger partial charge in [0.2, 0.25) is 0 Å². The second kappa shape index (κ2) is 7.24. The van der Waals surface area contributed by atoms with Gasteiger partial charge in [-0.25, -0.2) is 0 Å². The molecule has 0 spiro atoms. The molecular weight excluding hydrogens is 172 g/mol. The minimum atomic E-state index is 0.666. The molecule has 0 saturated carbocycles. The molecule has 0 aliphatic rings. The molecule has 0 rings (SSSR count). The van der Waals surface area contributed by atoms with Crippen molar-refractivity contribution in [3.8, 4) is 0 Å². The van der Waals surface area contributed by atoms with Gasteiger partial charge in [-0.2, -0.15) is 0 Å². The molecule has 1 atom stereocenters. The minimum Gasteiger partial charge on any atom is -0.302 e. The van der Waals surface area contributed by atoms with Crippen molar-refractivity contribution in [1.82, 2.24) is 9.80 Å². The number of likely N-dealkylation sites (N-methyl/N-ethyl adjacent to an activating group) is 2. The third kappa shape index (κ3) is 4.43. The van der Waals surface area contributed by atoms with Crippen LogP contribution in [0.2, 0.25) is 0 Å². The monoisotopic (exact) mass is 200 g/mol. The van der Waals surface area contributed by atoms with Gasteiger partial charge in [0.25, 0.3) is 0 Å². The summed E-state index contributed by atoms with van der Waals surface area (Å²) in [5.74, 6) is 0. The first-order chi connectivity index (χ1) is 6.56. The van der Waals surface area contributed by atoms with E-state index in [1.54, 1.807) is 0 Å². The summed E-state index contributed by atoms with van der Waals surface area (Å²) in [6.45, 7) is 14.8. The van der Waals surface area contributed by atoms with E-state index < -0.39 is 0 Å². The maximum Gasteiger partial charge on any atom is 0.0217 e. The van der Waals surface area contributed by atoms with Crippen LogP contribution in [0.4, 0.5) is 0 Å². The molecule has 0 radical (unpaired) electrons. The lowest BCUT2D eigenvalue weighted by atomic mass is 10.1. The van der Waals surface area contributed by atoms with Crippen LogP contribution in [-0.4, -0.2) is 48.6 Å². The van der Waals surface area contributed by atoms with E-state index in [2.05, 4.69) is 51.5 Å². The summed E-state index contributed by atoms with van der Waals surface area (Å²) in [4.78, 5) is 4.99. The van der Waals surface area contributed by atoms with Crippen LogP contribution < -0.4 is 0 Å². The summed E-state index contributed by atoms with van der Waals surface area (Å²) in [6.07, 6.45) is 1.24. The molecular formula is C12H28N2. The first kappa shape index (κ1) is 13.9. The highest BCUT2D eigenvalue weighted by molar-refractivity contribution is 4.73. The molecule has 0 aromatic rings. The van der Waals surface area contributed by atoms with Crippen LogP contribution >= 0.6 is 0 Å². The second-order valence-corrected chi connectivity index (χ2v) is 4.32. The van der Waals surface area contributed by atoms with E-state index in [9.17, 15) is 0 Å². The molecule has 0 amide bonds. The maximum absolute atomic E-state index is 2.54. The zero-order valence-corrected chi connectivity index (χ0v) is 10.9. The zero-order valence-electron chi connectivity index (χ0n) is 10.9. The Kier molecular flexibility index (Phi) is 7.20. The van der Waals surface area contributed by atoms with Crippen LogP contribution in [0.25, 0.3) is 0 Å². The summed E-state index contributed by atoms with van der Waals surface area (Å²) in [6, 6.07) is 1.38. The summed E-state index contributed by atoms with van der Waals surface area (Å²) in [5.41, 5.74) is 0. The summed E-state index contributed by atoms with van der Waals surface area (Å²) in [7, 11) is 2.22. The minimum absolute atomic E-state index is 0.666. The SMILES string of the molecule is CC[C@@H](CN(CC)C(C)C)N(C)CC. The Hall–Kier alpha value is -0.0800. The van der Waals surface area contributed by atoms with Gasteiger partial charge in [-0.3, -0.25) is 4.90 Å². The van der Waals surface area contributed by atoms with E-state index in [-0.39, 0.29) is 0 Å². The Labute approximate surface area is 90.3 Å². The van der Waals surface area contributed by atoms with Crippen molar-refractivity contribution in [2.45, 2.75) is 53.1 Å². The van der Waals surface area contributed by atoms with E-state index >= 15 is 0 Å². The highest BCUT2D eigenvalue weighted by atomic mass is 15.2. The first-order valence-corrected chi connectivity index (χ1v) is 6.00. The van der Waals surface area contributed by atoms with Crippen LogP contribution in [0.15, 0.2) is 0 Å². The molecule has 86 valence electrons. The molecule has 0 N–H and O–H groups in total. The van der Waals surface area contributed by atoms with Crippen molar-refractivity contribution in [2.75, 3.05) is 26.7 Å². The van der Waals surface area contributed by atoms with Gasteiger partial charge in [0.15, 0.2) is 0 Å². The highest BCUT2D eigenvalue weighted by Gasteiger charge is 2.16. The van der Waals surface area contributed by atoms with Crippen molar-refractivity contribution < 1.29 is 0 Å². The van der Waals surface area contributed by atoms with Crippen molar-refractivity contribution in [3.63, 3.8) is 0 Å². The lowest BCUT2D eigenvalue weighted by molar-refractivity contribution is 0.144. The van der Waals surface area contributed by atoms with Gasteiger partial charge in [0, 0.05) is 18.6 Å². The fraction of sp³-hybridized carbons (Fsp3) is 1.00. The molecule has 0 aromatic heterocycles. The Balaban J connectivity index is 4.13. The molecule has 0 aromatic carbocycles. The third-order valence-electron chi connectivity index (χ3n) is 3.18. The Morgan fingerprint density at radius 3 is 1.86 bits per heavy atom. The molecule has 0 aliphatic heterocycles. The average molecular weight is 200 g/mol. The van der Waals surface area contributed by atoms with Crippen molar-refractivity contribution in [1.29, 1.82) is 0 Å². The van der Waals surface area contributed by atoms with Crippen LogP contribution in [0, 0.1) is 0 Å². The number of hydrogen-bond acceptors (Lipinski definition) is 2. The largest absolute Gasteiger partial charge is 0.302 e. The van der Waals surface area contributed by atoms with E-state index in [0.717, 1.165) is 13.1 Å². The molecule has 0 bridgehead atoms. The van der Waals surface area contributed by atoms with Crippen LogP contribution in [0.1, 0.15) is 41.0 Å². The molecule has 0 heterocycles. The molecule has 2 nitrogen and oxygen atoms in total. The Bertz CT molecular complexity index is 134. The van der Waals surface area contributed by atoms with Crippen molar-refractivity contribution in [2.24, 2.45) is 0 Å². The first-order valence-electron chi connectivity index (χ1n) is 6.00. The van der Waals surface area contributed by atoms with Gasteiger partial charge >= 0.3 is 0 Å². The topological polar surface area (TPSA) is 6.48 Å².